The number of carbonyl (C=O) groups is 2. The lowest BCUT2D eigenvalue weighted by Gasteiger charge is -2.29. The van der Waals surface area contributed by atoms with Gasteiger partial charge in [-0.1, -0.05) is 19.8 Å². The van der Waals surface area contributed by atoms with E-state index < -0.39 is 0 Å². The number of allylic oxidation sites excluding steroid dienone is 2. The van der Waals surface area contributed by atoms with Crippen LogP contribution >= 0.6 is 0 Å². The van der Waals surface area contributed by atoms with Crippen LogP contribution in [0.1, 0.15) is 45.4 Å². The Hall–Kier alpha value is -1.58. The highest BCUT2D eigenvalue weighted by Gasteiger charge is 2.35. The Morgan fingerprint density at radius 3 is 2.84 bits per heavy atom. The second-order valence-corrected chi connectivity index (χ2v) is 4.99. The minimum atomic E-state index is -0.244. The van der Waals surface area contributed by atoms with Crippen LogP contribution in [0.15, 0.2) is 23.2 Å². The van der Waals surface area contributed by atoms with E-state index in [-0.39, 0.29) is 29.2 Å². The zero-order valence-corrected chi connectivity index (χ0v) is 11.5. The average molecular weight is 264 g/mol. The Bertz CT molecular complexity index is 445. The Labute approximate surface area is 113 Å². The first-order valence-corrected chi connectivity index (χ1v) is 6.91. The van der Waals surface area contributed by atoms with Gasteiger partial charge in [0, 0.05) is 11.6 Å². The van der Waals surface area contributed by atoms with Crippen LogP contribution in [0, 0.1) is 0 Å². The molecule has 0 spiro atoms. The number of methoxy groups -OCH3 is 1. The molecule has 0 aromatic heterocycles. The molecule has 0 aromatic carbocycles. The van der Waals surface area contributed by atoms with E-state index in [2.05, 4.69) is 6.92 Å². The number of Topliss-reactive ketones (excluding diaryl/α,β-unsaturated/α-hetero) is 1. The monoisotopic (exact) mass is 264 g/mol. The number of rotatable bonds is 5. The predicted octanol–water partition coefficient (Wildman–Crippen LogP) is 2.68. The highest BCUT2D eigenvalue weighted by Crippen LogP contribution is 2.32. The maximum absolute atomic E-state index is 12.0. The van der Waals surface area contributed by atoms with Gasteiger partial charge in [-0.05, 0) is 25.7 Å². The third kappa shape index (κ3) is 2.88. The van der Waals surface area contributed by atoms with Gasteiger partial charge < -0.3 is 9.47 Å². The van der Waals surface area contributed by atoms with Gasteiger partial charge in [-0.25, -0.2) is 0 Å². The molecule has 4 heteroatoms. The van der Waals surface area contributed by atoms with E-state index in [1.807, 2.05) is 0 Å². The number of ether oxygens (including phenoxy) is 2. The van der Waals surface area contributed by atoms with Crippen molar-refractivity contribution in [2.24, 2.45) is 0 Å². The second-order valence-electron chi connectivity index (χ2n) is 4.99. The van der Waals surface area contributed by atoms with E-state index in [0.717, 1.165) is 25.7 Å². The molecule has 1 aliphatic carbocycles. The number of ketones is 2. The minimum absolute atomic E-state index is 0.0690. The van der Waals surface area contributed by atoms with Crippen molar-refractivity contribution in [3.05, 3.63) is 23.2 Å². The summed E-state index contributed by atoms with van der Waals surface area (Å²) in [5.41, 5.74) is 0.482. The first-order chi connectivity index (χ1) is 9.17. The summed E-state index contributed by atoms with van der Waals surface area (Å²) in [5, 5.41) is 0. The van der Waals surface area contributed by atoms with Crippen molar-refractivity contribution in [1.82, 2.24) is 0 Å². The summed E-state index contributed by atoms with van der Waals surface area (Å²) >= 11 is 0. The van der Waals surface area contributed by atoms with Crippen LogP contribution in [0.4, 0.5) is 0 Å². The van der Waals surface area contributed by atoms with Gasteiger partial charge in [0.15, 0.2) is 11.5 Å². The van der Waals surface area contributed by atoms with Crippen molar-refractivity contribution in [3.63, 3.8) is 0 Å². The third-order valence-corrected chi connectivity index (χ3v) is 3.61. The van der Waals surface area contributed by atoms with Crippen LogP contribution in [-0.4, -0.2) is 24.8 Å². The van der Waals surface area contributed by atoms with Crippen molar-refractivity contribution in [3.8, 4) is 0 Å². The Balaban J connectivity index is 2.06. The lowest BCUT2D eigenvalue weighted by molar-refractivity contribution is -0.122. The molecule has 0 radical (unpaired) electrons. The lowest BCUT2D eigenvalue weighted by Crippen LogP contribution is -2.29. The fraction of sp³-hybridized carbons (Fsp3) is 0.600. The lowest BCUT2D eigenvalue weighted by atomic mass is 9.91. The van der Waals surface area contributed by atoms with Crippen LogP contribution < -0.4 is 0 Å². The topological polar surface area (TPSA) is 52.6 Å². The van der Waals surface area contributed by atoms with Gasteiger partial charge in [-0.3, -0.25) is 9.59 Å². The molecular formula is C15H20O4. The van der Waals surface area contributed by atoms with E-state index in [1.54, 1.807) is 0 Å². The zero-order chi connectivity index (χ0) is 13.8. The van der Waals surface area contributed by atoms with Crippen LogP contribution in [0.2, 0.25) is 0 Å². The van der Waals surface area contributed by atoms with Gasteiger partial charge in [-0.15, -0.1) is 0 Å². The number of hydrogen-bond acceptors (Lipinski definition) is 4. The largest absolute Gasteiger partial charge is 0.493 e. The molecule has 1 atom stereocenters. The van der Waals surface area contributed by atoms with Crippen LogP contribution in [0.25, 0.3) is 0 Å². The minimum Gasteiger partial charge on any atom is -0.493 e. The number of unbranched alkanes of at least 4 members (excludes halogenated alkanes) is 2. The summed E-state index contributed by atoms with van der Waals surface area (Å²) in [4.78, 5) is 23.9. The normalized spacial score (nSPS) is 22.8. The summed E-state index contributed by atoms with van der Waals surface area (Å²) in [6, 6.07) is 0. The molecule has 0 saturated carbocycles. The molecule has 0 aromatic rings. The van der Waals surface area contributed by atoms with Gasteiger partial charge in [0.2, 0.25) is 11.6 Å². The van der Waals surface area contributed by atoms with E-state index in [4.69, 9.17) is 9.47 Å². The summed E-state index contributed by atoms with van der Waals surface area (Å²) in [6.07, 6.45) is 7.10. The van der Waals surface area contributed by atoms with Gasteiger partial charge in [0.25, 0.3) is 0 Å². The fourth-order valence-electron chi connectivity index (χ4n) is 2.51. The van der Waals surface area contributed by atoms with Gasteiger partial charge in [0.05, 0.1) is 13.2 Å². The second kappa shape index (κ2) is 6.04. The maximum atomic E-state index is 12.0. The Kier molecular flexibility index (Phi) is 4.40. The zero-order valence-electron chi connectivity index (χ0n) is 11.5. The standard InChI is InChI=1S/C15H20O4/c1-3-4-5-6-10-7-8-11-14(17)13(18-2)9-12(16)15(11)19-10/h9-10H,3-8H2,1-2H3. The highest BCUT2D eigenvalue weighted by molar-refractivity contribution is 6.21. The predicted molar refractivity (Wildman–Crippen MR) is 70.4 cm³/mol. The van der Waals surface area contributed by atoms with Crippen molar-refractivity contribution in [2.75, 3.05) is 7.11 Å². The van der Waals surface area contributed by atoms with Gasteiger partial charge in [0.1, 0.15) is 0 Å². The summed E-state index contributed by atoms with van der Waals surface area (Å²) in [7, 11) is 1.40. The molecule has 2 rings (SSSR count). The SMILES string of the molecule is CCCCCC1CCC2=C(O1)C(=O)C=C(OC)C2=O. The Morgan fingerprint density at radius 2 is 2.16 bits per heavy atom. The summed E-state index contributed by atoms with van der Waals surface area (Å²) in [6.45, 7) is 2.16. The smallest absolute Gasteiger partial charge is 0.227 e. The first-order valence-electron chi connectivity index (χ1n) is 6.91. The highest BCUT2D eigenvalue weighted by atomic mass is 16.5. The van der Waals surface area contributed by atoms with Crippen molar-refractivity contribution >= 4 is 11.6 Å². The third-order valence-electron chi connectivity index (χ3n) is 3.61. The van der Waals surface area contributed by atoms with Gasteiger partial charge in [-0.2, -0.15) is 0 Å². The average Bonchev–Trinajstić information content (AvgIpc) is 2.43. The van der Waals surface area contributed by atoms with E-state index in [0.29, 0.717) is 12.0 Å². The molecule has 2 aliphatic rings. The molecule has 0 fully saturated rings. The molecule has 0 saturated heterocycles. The molecule has 1 heterocycles. The van der Waals surface area contributed by atoms with Gasteiger partial charge >= 0.3 is 0 Å². The number of hydrogen-bond donors (Lipinski definition) is 0. The molecule has 1 aliphatic heterocycles. The molecule has 19 heavy (non-hydrogen) atoms. The quantitative estimate of drug-likeness (QED) is 0.566. The molecule has 0 N–H and O–H groups in total. The van der Waals surface area contributed by atoms with E-state index in [9.17, 15) is 9.59 Å². The molecule has 0 amide bonds. The molecule has 4 nitrogen and oxygen atoms in total. The van der Waals surface area contributed by atoms with Crippen molar-refractivity contribution in [1.29, 1.82) is 0 Å². The van der Waals surface area contributed by atoms with Crippen LogP contribution in [0.3, 0.4) is 0 Å². The molecule has 0 bridgehead atoms. The number of carbonyl (C=O) groups excluding carboxylic acids is 2. The van der Waals surface area contributed by atoms with E-state index >= 15 is 0 Å². The summed E-state index contributed by atoms with van der Waals surface area (Å²) < 4.78 is 10.7. The van der Waals surface area contributed by atoms with Crippen molar-refractivity contribution in [2.45, 2.75) is 51.6 Å². The summed E-state index contributed by atoms with van der Waals surface area (Å²) in [5.74, 6) is -0.0777. The maximum Gasteiger partial charge on any atom is 0.227 e. The molecule has 1 unspecified atom stereocenters. The van der Waals surface area contributed by atoms with Crippen LogP contribution in [-0.2, 0) is 19.1 Å². The van der Waals surface area contributed by atoms with Crippen LogP contribution in [0.5, 0.6) is 0 Å². The Morgan fingerprint density at radius 1 is 1.37 bits per heavy atom. The molecule has 104 valence electrons. The van der Waals surface area contributed by atoms with Crippen molar-refractivity contribution < 1.29 is 19.1 Å². The fourth-order valence-corrected chi connectivity index (χ4v) is 2.51. The van der Waals surface area contributed by atoms with E-state index in [1.165, 1.54) is 19.6 Å². The first kappa shape index (κ1) is 13.8. The molecular weight excluding hydrogens is 244 g/mol.